The third kappa shape index (κ3) is 6.50. The van der Waals surface area contributed by atoms with Crippen LogP contribution in [0.5, 0.6) is 5.75 Å². The summed E-state index contributed by atoms with van der Waals surface area (Å²) in [7, 11) is -1.86. The number of nitrogens with zero attached hydrogens (tertiary/aromatic N) is 2. The van der Waals surface area contributed by atoms with Crippen LogP contribution in [0.15, 0.2) is 42.7 Å². The number of likely N-dealkylation sites (N-methyl/N-ethyl adjacent to an activating group) is 1. The minimum Gasteiger partial charge on any atom is -0.492 e. The van der Waals surface area contributed by atoms with E-state index in [-0.39, 0.29) is 30.3 Å². The van der Waals surface area contributed by atoms with E-state index < -0.39 is 21.9 Å². The Morgan fingerprint density at radius 2 is 2.00 bits per heavy atom. The van der Waals surface area contributed by atoms with Crippen LogP contribution in [0.1, 0.15) is 6.92 Å². The van der Waals surface area contributed by atoms with Crippen molar-refractivity contribution in [1.29, 1.82) is 0 Å². The van der Waals surface area contributed by atoms with Crippen molar-refractivity contribution in [2.45, 2.75) is 6.92 Å². The minimum atomic E-state index is -3.31. The van der Waals surface area contributed by atoms with Crippen molar-refractivity contribution in [1.82, 2.24) is 9.29 Å². The third-order valence-corrected chi connectivity index (χ3v) is 5.43. The number of nitrogens with one attached hydrogen (secondary N) is 2. The summed E-state index contributed by atoms with van der Waals surface area (Å²) in [6.07, 6.45) is 3.04. The fraction of sp³-hybridized carbons (Fsp3) is 0.294. The van der Waals surface area contributed by atoms with Gasteiger partial charge in [0.05, 0.1) is 17.6 Å². The van der Waals surface area contributed by atoms with Gasteiger partial charge in [0.1, 0.15) is 18.2 Å². The van der Waals surface area contributed by atoms with Crippen LogP contribution in [0.2, 0.25) is 0 Å². The van der Waals surface area contributed by atoms with Gasteiger partial charge in [-0.25, -0.2) is 21.9 Å². The molecule has 146 valence electrons. The highest BCUT2D eigenvalue weighted by Gasteiger charge is 2.14. The zero-order valence-corrected chi connectivity index (χ0v) is 15.8. The molecule has 0 atom stereocenters. The molecule has 8 nitrogen and oxygen atoms in total. The molecule has 1 aromatic heterocycles. The van der Waals surface area contributed by atoms with Gasteiger partial charge in [0, 0.05) is 37.6 Å². The molecule has 0 aliphatic rings. The second kappa shape index (κ2) is 9.28. The average molecular weight is 396 g/mol. The number of carbonyl (C=O) groups is 1. The van der Waals surface area contributed by atoms with E-state index in [1.165, 1.54) is 23.6 Å². The molecule has 0 bridgehead atoms. The van der Waals surface area contributed by atoms with Gasteiger partial charge >= 0.3 is 6.03 Å². The molecule has 0 saturated carbocycles. The van der Waals surface area contributed by atoms with Crippen molar-refractivity contribution in [3.8, 4) is 5.75 Å². The van der Waals surface area contributed by atoms with E-state index in [0.717, 1.165) is 12.1 Å². The Kier molecular flexibility index (Phi) is 7.08. The van der Waals surface area contributed by atoms with Crippen molar-refractivity contribution in [2.75, 3.05) is 36.6 Å². The fourth-order valence-corrected chi connectivity index (χ4v) is 2.89. The summed E-state index contributed by atoms with van der Waals surface area (Å²) in [5.74, 6) is -0.434. The average Bonchev–Trinajstić information content (AvgIpc) is 2.61. The molecule has 0 aliphatic carbocycles. The zero-order valence-electron chi connectivity index (χ0n) is 15.0. The molecule has 1 heterocycles. The van der Waals surface area contributed by atoms with E-state index in [1.807, 2.05) is 0 Å². The highest BCUT2D eigenvalue weighted by Crippen LogP contribution is 2.20. The molecular formula is C17H21FN4O4S. The highest BCUT2D eigenvalue weighted by molar-refractivity contribution is 7.89. The lowest BCUT2D eigenvalue weighted by atomic mass is 10.3. The SMILES string of the molecule is CCS(=O)(=O)N(C)CCOc1cc(F)cc(NC(=O)Nc2cccnc2)c1. The van der Waals surface area contributed by atoms with E-state index in [2.05, 4.69) is 15.6 Å². The smallest absolute Gasteiger partial charge is 0.323 e. The number of anilines is 2. The molecule has 10 heteroatoms. The Balaban J connectivity index is 1.94. The third-order valence-electron chi connectivity index (χ3n) is 3.56. The lowest BCUT2D eigenvalue weighted by Crippen LogP contribution is -2.32. The molecule has 2 rings (SSSR count). The number of urea groups is 1. The summed E-state index contributed by atoms with van der Waals surface area (Å²) in [6, 6.07) is 6.50. The molecule has 2 amide bonds. The monoisotopic (exact) mass is 396 g/mol. The number of benzene rings is 1. The van der Waals surface area contributed by atoms with Crippen molar-refractivity contribution in [2.24, 2.45) is 0 Å². The van der Waals surface area contributed by atoms with E-state index >= 15 is 0 Å². The van der Waals surface area contributed by atoms with Gasteiger partial charge in [-0.05, 0) is 25.1 Å². The molecule has 2 N–H and O–H groups in total. The van der Waals surface area contributed by atoms with Gasteiger partial charge in [-0.15, -0.1) is 0 Å². The van der Waals surface area contributed by atoms with Crippen LogP contribution in [-0.4, -0.2) is 49.7 Å². The number of rotatable bonds is 8. The molecule has 27 heavy (non-hydrogen) atoms. The topological polar surface area (TPSA) is 101 Å². The standard InChI is InChI=1S/C17H21FN4O4S/c1-3-27(24,25)22(2)7-8-26-16-10-13(18)9-15(11-16)21-17(23)20-14-5-4-6-19-12-14/h4-6,9-12H,3,7-8H2,1-2H3,(H2,20,21,23). The number of sulfonamides is 1. The molecule has 0 aliphatic heterocycles. The predicted octanol–water partition coefficient (Wildman–Crippen LogP) is 2.53. The Labute approximate surface area is 157 Å². The molecule has 0 spiro atoms. The summed E-state index contributed by atoms with van der Waals surface area (Å²) in [5.41, 5.74) is 0.684. The highest BCUT2D eigenvalue weighted by atomic mass is 32.2. The maximum Gasteiger partial charge on any atom is 0.323 e. The second-order valence-corrected chi connectivity index (χ2v) is 7.93. The van der Waals surface area contributed by atoms with Gasteiger partial charge in [0.15, 0.2) is 0 Å². The predicted molar refractivity (Wildman–Crippen MR) is 101 cm³/mol. The summed E-state index contributed by atoms with van der Waals surface area (Å²) < 4.78 is 43.7. The lowest BCUT2D eigenvalue weighted by molar-refractivity contribution is 0.262. The molecule has 0 unspecified atom stereocenters. The van der Waals surface area contributed by atoms with Gasteiger partial charge in [-0.1, -0.05) is 0 Å². The number of ether oxygens (including phenoxy) is 1. The van der Waals surface area contributed by atoms with Gasteiger partial charge in [-0.3, -0.25) is 4.98 Å². The largest absolute Gasteiger partial charge is 0.492 e. The lowest BCUT2D eigenvalue weighted by Gasteiger charge is -2.16. The van der Waals surface area contributed by atoms with E-state index in [1.54, 1.807) is 25.3 Å². The number of hydrogen-bond donors (Lipinski definition) is 2. The van der Waals surface area contributed by atoms with Crippen LogP contribution in [0.3, 0.4) is 0 Å². The first-order chi connectivity index (χ1) is 12.8. The van der Waals surface area contributed by atoms with Crippen LogP contribution in [0.4, 0.5) is 20.6 Å². The van der Waals surface area contributed by atoms with Crippen LogP contribution in [-0.2, 0) is 10.0 Å². The second-order valence-electron chi connectivity index (χ2n) is 5.57. The molecule has 2 aromatic rings. The van der Waals surface area contributed by atoms with Gasteiger partial charge in [0.2, 0.25) is 10.0 Å². The Bertz CT molecular complexity index is 878. The minimum absolute atomic E-state index is 0.0103. The molecular weight excluding hydrogens is 375 g/mol. The summed E-state index contributed by atoms with van der Waals surface area (Å²) in [6.45, 7) is 1.71. The van der Waals surface area contributed by atoms with Crippen molar-refractivity contribution in [3.05, 3.63) is 48.5 Å². The number of carbonyl (C=O) groups excluding carboxylic acids is 1. The Hall–Kier alpha value is -2.72. The molecule has 0 fully saturated rings. The molecule has 0 radical (unpaired) electrons. The van der Waals surface area contributed by atoms with Crippen molar-refractivity contribution >= 4 is 27.4 Å². The summed E-state index contributed by atoms with van der Waals surface area (Å²) >= 11 is 0. The van der Waals surface area contributed by atoms with Crippen LogP contribution < -0.4 is 15.4 Å². The molecule has 1 aromatic carbocycles. The van der Waals surface area contributed by atoms with Crippen LogP contribution >= 0.6 is 0 Å². The van der Waals surface area contributed by atoms with E-state index in [0.29, 0.717) is 5.69 Å². The van der Waals surface area contributed by atoms with Crippen LogP contribution in [0, 0.1) is 5.82 Å². The van der Waals surface area contributed by atoms with Crippen molar-refractivity contribution < 1.29 is 22.3 Å². The first-order valence-corrected chi connectivity index (χ1v) is 9.76. The van der Waals surface area contributed by atoms with Gasteiger partial charge in [-0.2, -0.15) is 0 Å². The Morgan fingerprint density at radius 3 is 2.67 bits per heavy atom. The number of pyridine rings is 1. The maximum absolute atomic E-state index is 13.8. The quantitative estimate of drug-likeness (QED) is 0.714. The first kappa shape index (κ1) is 20.6. The summed E-state index contributed by atoms with van der Waals surface area (Å²) in [5, 5.41) is 5.06. The van der Waals surface area contributed by atoms with E-state index in [9.17, 15) is 17.6 Å². The zero-order chi connectivity index (χ0) is 19.9. The number of halogens is 1. The normalized spacial score (nSPS) is 11.3. The first-order valence-electron chi connectivity index (χ1n) is 8.15. The maximum atomic E-state index is 13.8. The fourth-order valence-electron chi connectivity index (χ4n) is 2.10. The van der Waals surface area contributed by atoms with Crippen LogP contribution in [0.25, 0.3) is 0 Å². The van der Waals surface area contributed by atoms with Crippen molar-refractivity contribution in [3.63, 3.8) is 0 Å². The summed E-state index contributed by atoms with van der Waals surface area (Å²) in [4.78, 5) is 15.8. The van der Waals surface area contributed by atoms with E-state index in [4.69, 9.17) is 4.74 Å². The number of amides is 2. The number of aromatic nitrogens is 1. The van der Waals surface area contributed by atoms with Gasteiger partial charge < -0.3 is 15.4 Å². The van der Waals surface area contributed by atoms with Gasteiger partial charge in [0.25, 0.3) is 0 Å². The number of hydrogen-bond acceptors (Lipinski definition) is 5. The Morgan fingerprint density at radius 1 is 1.26 bits per heavy atom. The molecule has 0 saturated heterocycles.